The van der Waals surface area contributed by atoms with Crippen molar-refractivity contribution in [1.82, 2.24) is 14.9 Å². The van der Waals surface area contributed by atoms with Crippen molar-refractivity contribution in [2.45, 2.75) is 18.9 Å². The summed E-state index contributed by atoms with van der Waals surface area (Å²) >= 11 is 3.17. The predicted octanol–water partition coefficient (Wildman–Crippen LogP) is 5.41. The summed E-state index contributed by atoms with van der Waals surface area (Å²) in [5, 5.41) is 3.71. The number of methoxy groups -OCH3 is 1. The van der Waals surface area contributed by atoms with Gasteiger partial charge in [0.05, 0.1) is 23.4 Å². The molecule has 1 aliphatic heterocycles. The Balaban J connectivity index is 1.40. The second kappa shape index (κ2) is 7.57. The Labute approximate surface area is 176 Å². The molecule has 0 aliphatic carbocycles. The van der Waals surface area contributed by atoms with Crippen LogP contribution >= 0.6 is 22.7 Å². The van der Waals surface area contributed by atoms with E-state index in [2.05, 4.69) is 11.1 Å². The molecule has 1 amide bonds. The van der Waals surface area contributed by atoms with Gasteiger partial charge in [-0.05, 0) is 49.2 Å². The van der Waals surface area contributed by atoms with Gasteiger partial charge in [-0.2, -0.15) is 0 Å². The highest BCUT2D eigenvalue weighted by molar-refractivity contribution is 7.18. The fraction of sp³-hybridized carbons (Fsp3) is 0.227. The molecule has 5 nitrogen and oxygen atoms in total. The third-order valence-corrected chi connectivity index (χ3v) is 7.20. The maximum atomic E-state index is 13.2. The number of fused-ring (bicyclic) bond motifs is 1. The number of carbonyl (C=O) groups is 1. The summed E-state index contributed by atoms with van der Waals surface area (Å²) < 4.78 is 6.37. The first kappa shape index (κ1) is 18.3. The van der Waals surface area contributed by atoms with Gasteiger partial charge in [-0.15, -0.1) is 22.7 Å². The van der Waals surface area contributed by atoms with E-state index in [0.29, 0.717) is 5.69 Å². The van der Waals surface area contributed by atoms with Crippen LogP contribution in [0.3, 0.4) is 0 Å². The van der Waals surface area contributed by atoms with Crippen LogP contribution in [-0.4, -0.2) is 34.4 Å². The lowest BCUT2D eigenvalue weighted by Crippen LogP contribution is -2.30. The number of aromatic nitrogens is 2. The van der Waals surface area contributed by atoms with Gasteiger partial charge in [0.15, 0.2) is 0 Å². The van der Waals surface area contributed by atoms with Gasteiger partial charge >= 0.3 is 0 Å². The smallest absolute Gasteiger partial charge is 0.273 e. The minimum absolute atomic E-state index is 0.0113. The first-order valence-corrected chi connectivity index (χ1v) is 11.2. The Morgan fingerprint density at radius 1 is 1.14 bits per heavy atom. The second-order valence-corrected chi connectivity index (χ2v) is 8.86. The van der Waals surface area contributed by atoms with Gasteiger partial charge < -0.3 is 9.64 Å². The van der Waals surface area contributed by atoms with E-state index in [1.807, 2.05) is 52.7 Å². The van der Waals surface area contributed by atoms with Crippen LogP contribution < -0.4 is 4.74 Å². The van der Waals surface area contributed by atoms with E-state index in [0.717, 1.165) is 50.9 Å². The number of para-hydroxylation sites is 1. The molecule has 0 N–H and O–H groups in total. The van der Waals surface area contributed by atoms with Crippen molar-refractivity contribution >= 4 is 38.8 Å². The first-order chi connectivity index (χ1) is 14.2. The van der Waals surface area contributed by atoms with Crippen LogP contribution in [0, 0.1) is 0 Å². The van der Waals surface area contributed by atoms with Gasteiger partial charge in [-0.3, -0.25) is 4.79 Å². The molecule has 0 radical (unpaired) electrons. The molecular formula is C22H19N3O2S2. The zero-order valence-electron chi connectivity index (χ0n) is 15.9. The summed E-state index contributed by atoms with van der Waals surface area (Å²) in [7, 11) is 1.65. The van der Waals surface area contributed by atoms with Crippen molar-refractivity contribution in [2.24, 2.45) is 0 Å². The van der Waals surface area contributed by atoms with Gasteiger partial charge in [0.2, 0.25) is 0 Å². The van der Waals surface area contributed by atoms with Crippen molar-refractivity contribution in [3.63, 3.8) is 0 Å². The Bertz CT molecular complexity index is 1130. The zero-order chi connectivity index (χ0) is 19.8. The van der Waals surface area contributed by atoms with E-state index in [4.69, 9.17) is 9.72 Å². The van der Waals surface area contributed by atoms with Crippen molar-refractivity contribution < 1.29 is 9.53 Å². The van der Waals surface area contributed by atoms with Crippen LogP contribution in [0.5, 0.6) is 5.75 Å². The van der Waals surface area contributed by atoms with Crippen molar-refractivity contribution in [1.29, 1.82) is 0 Å². The summed E-state index contributed by atoms with van der Waals surface area (Å²) in [4.78, 5) is 24.6. The van der Waals surface area contributed by atoms with Crippen LogP contribution in [-0.2, 0) is 0 Å². The van der Waals surface area contributed by atoms with E-state index in [9.17, 15) is 4.79 Å². The average molecular weight is 422 g/mol. The SMILES string of the molecule is COc1ccc(-c2nc(C(=O)N3CCC[C@@H]3c3nc4ccccc4s3)cs2)cc1. The summed E-state index contributed by atoms with van der Waals surface area (Å²) in [5.74, 6) is 0.792. The number of ether oxygens (including phenoxy) is 1. The van der Waals surface area contributed by atoms with Gasteiger partial charge in [0.1, 0.15) is 21.5 Å². The van der Waals surface area contributed by atoms with Crippen molar-refractivity contribution in [3.05, 3.63) is 64.6 Å². The topological polar surface area (TPSA) is 55.3 Å². The van der Waals surface area contributed by atoms with Crippen LogP contribution in [0.25, 0.3) is 20.8 Å². The fourth-order valence-electron chi connectivity index (χ4n) is 3.68. The lowest BCUT2D eigenvalue weighted by Gasteiger charge is -2.22. The monoisotopic (exact) mass is 421 g/mol. The Kier molecular flexibility index (Phi) is 4.77. The van der Waals surface area contributed by atoms with E-state index in [1.165, 1.54) is 11.3 Å². The average Bonchev–Trinajstić information content (AvgIpc) is 3.52. The summed E-state index contributed by atoms with van der Waals surface area (Å²) in [6.45, 7) is 0.745. The van der Waals surface area contributed by atoms with E-state index >= 15 is 0 Å². The molecule has 2 aromatic heterocycles. The highest BCUT2D eigenvalue weighted by Gasteiger charge is 2.33. The minimum Gasteiger partial charge on any atom is -0.497 e. The number of hydrogen-bond donors (Lipinski definition) is 0. The molecule has 0 bridgehead atoms. The van der Waals surface area contributed by atoms with E-state index < -0.39 is 0 Å². The predicted molar refractivity (Wildman–Crippen MR) is 117 cm³/mol. The van der Waals surface area contributed by atoms with Gasteiger partial charge in [-0.25, -0.2) is 9.97 Å². The van der Waals surface area contributed by atoms with Crippen LogP contribution in [0.4, 0.5) is 0 Å². The third kappa shape index (κ3) is 3.41. The molecule has 29 heavy (non-hydrogen) atoms. The van der Waals surface area contributed by atoms with E-state index in [1.54, 1.807) is 18.4 Å². The summed E-state index contributed by atoms with van der Waals surface area (Å²) in [6, 6.07) is 15.9. The largest absolute Gasteiger partial charge is 0.497 e. The van der Waals surface area contributed by atoms with Gasteiger partial charge in [0.25, 0.3) is 5.91 Å². The number of nitrogens with zero attached hydrogens (tertiary/aromatic N) is 3. The standard InChI is InChI=1S/C22H19N3O2S2/c1-27-15-10-8-14(9-11-15)20-24-17(13-28-20)22(26)25-12-4-6-18(25)21-23-16-5-2-3-7-19(16)29-21/h2-3,5,7-11,13,18H,4,6,12H2,1H3/t18-/m1/s1. The highest BCUT2D eigenvalue weighted by atomic mass is 32.1. The molecule has 1 saturated heterocycles. The minimum atomic E-state index is -0.0113. The molecule has 7 heteroatoms. The van der Waals surface area contributed by atoms with E-state index in [-0.39, 0.29) is 11.9 Å². The summed E-state index contributed by atoms with van der Waals surface area (Å²) in [5.41, 5.74) is 2.50. The van der Waals surface area contributed by atoms with Crippen molar-refractivity contribution in [2.75, 3.05) is 13.7 Å². The van der Waals surface area contributed by atoms with Gasteiger partial charge in [0, 0.05) is 17.5 Å². The second-order valence-electron chi connectivity index (χ2n) is 6.94. The Hall–Kier alpha value is -2.77. The molecule has 5 rings (SSSR count). The molecule has 1 atom stereocenters. The number of carbonyl (C=O) groups excluding carboxylic acids is 1. The number of rotatable bonds is 4. The zero-order valence-corrected chi connectivity index (χ0v) is 17.5. The Morgan fingerprint density at radius 3 is 2.76 bits per heavy atom. The fourth-order valence-corrected chi connectivity index (χ4v) is 5.60. The molecule has 1 fully saturated rings. The molecule has 0 saturated carbocycles. The molecule has 1 aliphatic rings. The molecular weight excluding hydrogens is 402 g/mol. The lowest BCUT2D eigenvalue weighted by atomic mass is 10.2. The number of benzene rings is 2. The molecule has 0 spiro atoms. The lowest BCUT2D eigenvalue weighted by molar-refractivity contribution is 0.0730. The molecule has 2 aromatic carbocycles. The maximum absolute atomic E-state index is 13.2. The number of likely N-dealkylation sites (tertiary alicyclic amines) is 1. The summed E-state index contributed by atoms with van der Waals surface area (Å²) in [6.07, 6.45) is 1.93. The van der Waals surface area contributed by atoms with Crippen LogP contribution in [0.15, 0.2) is 53.9 Å². The molecule has 4 aromatic rings. The van der Waals surface area contributed by atoms with Crippen molar-refractivity contribution in [3.8, 4) is 16.3 Å². The maximum Gasteiger partial charge on any atom is 0.273 e. The first-order valence-electron chi connectivity index (χ1n) is 9.49. The number of amides is 1. The highest BCUT2D eigenvalue weighted by Crippen LogP contribution is 2.37. The molecule has 3 heterocycles. The molecule has 0 unspecified atom stereocenters. The van der Waals surface area contributed by atoms with Crippen LogP contribution in [0.2, 0.25) is 0 Å². The van der Waals surface area contributed by atoms with Crippen LogP contribution in [0.1, 0.15) is 34.4 Å². The number of thiazole rings is 2. The Morgan fingerprint density at radius 2 is 1.97 bits per heavy atom. The number of hydrogen-bond acceptors (Lipinski definition) is 6. The molecule has 146 valence electrons. The third-order valence-electron chi connectivity index (χ3n) is 5.17. The normalized spacial score (nSPS) is 16.4. The van der Waals surface area contributed by atoms with Gasteiger partial charge in [-0.1, -0.05) is 12.1 Å². The quantitative estimate of drug-likeness (QED) is 0.442.